The molecular weight excluding hydrogens is 419 g/mol. The van der Waals surface area contributed by atoms with Gasteiger partial charge in [0.1, 0.15) is 6.61 Å². The number of carbonyl (C=O) groups is 1. The number of nitrogens with one attached hydrogen (secondary N) is 1. The summed E-state index contributed by atoms with van der Waals surface area (Å²) >= 11 is 13.6. The third-order valence-electron chi connectivity index (χ3n) is 3.67. The minimum absolute atomic E-state index is 0.271. The van der Waals surface area contributed by atoms with Crippen molar-refractivity contribution in [3.8, 4) is 11.5 Å². The topological polar surface area (TPSA) is 59.9 Å². The maximum absolute atomic E-state index is 11.9. The van der Waals surface area contributed by atoms with Crippen LogP contribution in [-0.4, -0.2) is 19.2 Å². The molecule has 2 aromatic carbocycles. The summed E-state index contributed by atoms with van der Waals surface area (Å²) in [5.41, 5.74) is 4.08. The van der Waals surface area contributed by atoms with Gasteiger partial charge in [-0.3, -0.25) is 4.79 Å². The molecule has 0 bridgehead atoms. The second-order valence-corrected chi connectivity index (χ2v) is 7.42. The number of hydrogen-bond donors (Lipinski definition) is 1. The van der Waals surface area contributed by atoms with Gasteiger partial charge in [-0.2, -0.15) is 5.10 Å². The summed E-state index contributed by atoms with van der Waals surface area (Å²) in [7, 11) is 1.53. The lowest BCUT2D eigenvalue weighted by Gasteiger charge is -2.13. The highest BCUT2D eigenvalue weighted by atomic mass is 35.5. The van der Waals surface area contributed by atoms with Crippen molar-refractivity contribution in [2.75, 3.05) is 7.11 Å². The Hall–Kier alpha value is -2.54. The molecule has 0 fully saturated rings. The molecule has 28 heavy (non-hydrogen) atoms. The predicted molar refractivity (Wildman–Crippen MR) is 113 cm³/mol. The number of thiophene rings is 1. The normalized spacial score (nSPS) is 10.8. The molecule has 3 aromatic rings. The Labute approximate surface area is 176 Å². The highest BCUT2D eigenvalue weighted by molar-refractivity contribution is 7.12. The van der Waals surface area contributed by atoms with Gasteiger partial charge in [-0.15, -0.1) is 11.3 Å². The first-order valence-corrected chi connectivity index (χ1v) is 9.82. The maximum Gasteiger partial charge on any atom is 0.281 e. The van der Waals surface area contributed by atoms with Crippen molar-refractivity contribution in [2.24, 2.45) is 5.10 Å². The zero-order valence-electron chi connectivity index (χ0n) is 14.8. The predicted octanol–water partition coefficient (Wildman–Crippen LogP) is 5.41. The van der Waals surface area contributed by atoms with Crippen LogP contribution in [0.3, 0.4) is 0 Å². The molecule has 0 radical (unpaired) electrons. The quantitative estimate of drug-likeness (QED) is 0.399. The molecule has 0 saturated carbocycles. The van der Waals surface area contributed by atoms with Crippen molar-refractivity contribution < 1.29 is 14.3 Å². The number of hydrazone groups is 1. The van der Waals surface area contributed by atoms with Crippen molar-refractivity contribution in [3.63, 3.8) is 0 Å². The van der Waals surface area contributed by atoms with Gasteiger partial charge in [0.25, 0.3) is 5.91 Å². The van der Waals surface area contributed by atoms with Crippen LogP contribution in [0.4, 0.5) is 0 Å². The van der Waals surface area contributed by atoms with Crippen LogP contribution in [0, 0.1) is 0 Å². The zero-order chi connectivity index (χ0) is 19.9. The largest absolute Gasteiger partial charge is 0.493 e. The summed E-state index contributed by atoms with van der Waals surface area (Å²) in [6, 6.07) is 14.3. The van der Waals surface area contributed by atoms with Gasteiger partial charge in [-0.05, 0) is 46.8 Å². The highest BCUT2D eigenvalue weighted by Crippen LogP contribution is 2.36. The highest BCUT2D eigenvalue weighted by Gasteiger charge is 2.12. The van der Waals surface area contributed by atoms with Crippen LogP contribution in [0.1, 0.15) is 20.8 Å². The van der Waals surface area contributed by atoms with E-state index in [1.807, 2.05) is 17.5 Å². The summed E-state index contributed by atoms with van der Waals surface area (Å²) in [6.45, 7) is 0.317. The lowest BCUT2D eigenvalue weighted by molar-refractivity contribution is 0.0959. The summed E-state index contributed by atoms with van der Waals surface area (Å²) in [4.78, 5) is 12.5. The van der Waals surface area contributed by atoms with E-state index in [4.69, 9.17) is 32.7 Å². The number of nitrogens with zero attached hydrogens (tertiary/aromatic N) is 1. The minimum Gasteiger partial charge on any atom is -0.493 e. The first-order chi connectivity index (χ1) is 13.6. The smallest absolute Gasteiger partial charge is 0.281 e. The lowest BCUT2D eigenvalue weighted by Crippen LogP contribution is -2.16. The van der Waals surface area contributed by atoms with E-state index in [2.05, 4.69) is 10.5 Å². The monoisotopic (exact) mass is 434 g/mol. The van der Waals surface area contributed by atoms with Crippen LogP contribution in [0.15, 0.2) is 59.0 Å². The van der Waals surface area contributed by atoms with Gasteiger partial charge in [0, 0.05) is 5.02 Å². The number of rotatable bonds is 7. The second kappa shape index (κ2) is 9.59. The van der Waals surface area contributed by atoms with E-state index in [1.54, 1.807) is 36.4 Å². The van der Waals surface area contributed by atoms with Crippen LogP contribution < -0.4 is 14.9 Å². The standard InChI is InChI=1S/C20H16Cl2N2O3S/c1-26-17-10-14(11-23-24-20(25)18-3-2-8-28-18)9-16(22)19(17)27-12-13-4-6-15(21)7-5-13/h2-11H,12H2,1H3,(H,24,25)/b23-11-. The third kappa shape index (κ3) is 5.25. The summed E-state index contributed by atoms with van der Waals surface area (Å²) < 4.78 is 11.2. The zero-order valence-corrected chi connectivity index (χ0v) is 17.1. The lowest BCUT2D eigenvalue weighted by atomic mass is 10.2. The number of amides is 1. The number of methoxy groups -OCH3 is 1. The Morgan fingerprint density at radius 1 is 1.21 bits per heavy atom. The number of ether oxygens (including phenoxy) is 2. The van der Waals surface area contributed by atoms with E-state index in [9.17, 15) is 4.79 Å². The van der Waals surface area contributed by atoms with Gasteiger partial charge in [-0.25, -0.2) is 5.43 Å². The molecule has 1 amide bonds. The van der Waals surface area contributed by atoms with E-state index in [0.717, 1.165) is 5.56 Å². The molecule has 0 spiro atoms. The van der Waals surface area contributed by atoms with Gasteiger partial charge < -0.3 is 9.47 Å². The Balaban J connectivity index is 1.69. The molecule has 3 rings (SSSR count). The fraction of sp³-hybridized carbons (Fsp3) is 0.100. The van der Waals surface area contributed by atoms with Crippen LogP contribution in [0.5, 0.6) is 11.5 Å². The van der Waals surface area contributed by atoms with Crippen molar-refractivity contribution in [2.45, 2.75) is 6.61 Å². The van der Waals surface area contributed by atoms with Crippen molar-refractivity contribution >= 4 is 46.7 Å². The fourth-order valence-electron chi connectivity index (χ4n) is 2.32. The van der Waals surface area contributed by atoms with E-state index in [-0.39, 0.29) is 5.91 Å². The summed E-state index contributed by atoms with van der Waals surface area (Å²) in [5, 5.41) is 6.82. The molecule has 1 heterocycles. The molecule has 0 aliphatic rings. The second-order valence-electron chi connectivity index (χ2n) is 5.63. The van der Waals surface area contributed by atoms with E-state index in [1.165, 1.54) is 24.7 Å². The van der Waals surface area contributed by atoms with Crippen molar-refractivity contribution in [1.82, 2.24) is 5.43 Å². The van der Waals surface area contributed by atoms with Crippen LogP contribution in [0.25, 0.3) is 0 Å². The SMILES string of the molecule is COc1cc(/C=N\NC(=O)c2cccs2)cc(Cl)c1OCc1ccc(Cl)cc1. The van der Waals surface area contributed by atoms with E-state index < -0.39 is 0 Å². The summed E-state index contributed by atoms with van der Waals surface area (Å²) in [5.74, 6) is 0.624. The van der Waals surface area contributed by atoms with Gasteiger partial charge in [0.2, 0.25) is 0 Å². The molecule has 0 aliphatic carbocycles. The molecule has 8 heteroatoms. The van der Waals surface area contributed by atoms with Crippen molar-refractivity contribution in [3.05, 3.63) is 80.0 Å². The number of hydrogen-bond acceptors (Lipinski definition) is 5. The Bertz CT molecular complexity index is 974. The number of benzene rings is 2. The number of halogens is 2. The van der Waals surface area contributed by atoms with Crippen molar-refractivity contribution in [1.29, 1.82) is 0 Å². The molecule has 0 saturated heterocycles. The van der Waals surface area contributed by atoms with E-state index in [0.29, 0.717) is 38.6 Å². The van der Waals surface area contributed by atoms with Gasteiger partial charge in [0.15, 0.2) is 11.5 Å². The van der Waals surface area contributed by atoms with Gasteiger partial charge in [-0.1, -0.05) is 41.4 Å². The van der Waals surface area contributed by atoms with E-state index >= 15 is 0 Å². The fourth-order valence-corrected chi connectivity index (χ4v) is 3.33. The average molecular weight is 435 g/mol. The van der Waals surface area contributed by atoms with Gasteiger partial charge >= 0.3 is 0 Å². The average Bonchev–Trinajstić information content (AvgIpc) is 3.23. The van der Waals surface area contributed by atoms with Gasteiger partial charge in [0.05, 0.1) is 23.2 Å². The molecular formula is C20H16Cl2N2O3S. The Morgan fingerprint density at radius 3 is 2.68 bits per heavy atom. The first-order valence-electron chi connectivity index (χ1n) is 8.18. The number of carbonyl (C=O) groups excluding carboxylic acids is 1. The van der Waals surface area contributed by atoms with Crippen LogP contribution in [0.2, 0.25) is 10.0 Å². The molecule has 1 aromatic heterocycles. The molecule has 1 N–H and O–H groups in total. The molecule has 0 atom stereocenters. The Morgan fingerprint density at radius 2 is 2.00 bits per heavy atom. The molecule has 0 unspecified atom stereocenters. The maximum atomic E-state index is 11.9. The summed E-state index contributed by atoms with van der Waals surface area (Å²) in [6.07, 6.45) is 1.49. The molecule has 5 nitrogen and oxygen atoms in total. The minimum atomic E-state index is -0.271. The first kappa shape index (κ1) is 20.2. The van der Waals surface area contributed by atoms with Crippen LogP contribution >= 0.6 is 34.5 Å². The Kier molecular flexibility index (Phi) is 6.92. The van der Waals surface area contributed by atoms with Crippen LogP contribution in [-0.2, 0) is 6.61 Å². The molecule has 0 aliphatic heterocycles. The molecule has 144 valence electrons. The third-order valence-corrected chi connectivity index (χ3v) is 5.07.